The Morgan fingerprint density at radius 2 is 2.13 bits per heavy atom. The van der Waals surface area contributed by atoms with Crippen LogP contribution >= 0.6 is 0 Å². The Balaban J connectivity index is 1.77. The van der Waals surface area contributed by atoms with Gasteiger partial charge in [-0.25, -0.2) is 0 Å². The first-order chi connectivity index (χ1) is 11.3. The van der Waals surface area contributed by atoms with Crippen molar-refractivity contribution in [2.75, 3.05) is 11.9 Å². The number of benzene rings is 2. The Hall–Kier alpha value is -2.00. The minimum absolute atomic E-state index is 0.152. The summed E-state index contributed by atoms with van der Waals surface area (Å²) in [6, 6.07) is 14.5. The van der Waals surface area contributed by atoms with Gasteiger partial charge < -0.3 is 15.2 Å². The van der Waals surface area contributed by atoms with Gasteiger partial charge in [0.05, 0.1) is 12.1 Å². The number of anilines is 1. The molecule has 2 unspecified atom stereocenters. The number of hydrogen-bond donors (Lipinski definition) is 2. The molecule has 3 nitrogen and oxygen atoms in total. The summed E-state index contributed by atoms with van der Waals surface area (Å²) >= 11 is 0. The van der Waals surface area contributed by atoms with Crippen LogP contribution in [0.25, 0.3) is 0 Å². The molecule has 2 aromatic carbocycles. The third-order valence-corrected chi connectivity index (χ3v) is 5.17. The summed E-state index contributed by atoms with van der Waals surface area (Å²) in [5.41, 5.74) is 4.95. The van der Waals surface area contributed by atoms with Crippen LogP contribution in [-0.4, -0.2) is 11.7 Å². The van der Waals surface area contributed by atoms with E-state index in [1.165, 1.54) is 16.8 Å². The van der Waals surface area contributed by atoms with Gasteiger partial charge in [0.15, 0.2) is 0 Å². The molecule has 4 rings (SSSR count). The van der Waals surface area contributed by atoms with Gasteiger partial charge >= 0.3 is 0 Å². The zero-order valence-electron chi connectivity index (χ0n) is 13.5. The number of fused-ring (bicyclic) bond motifs is 3. The van der Waals surface area contributed by atoms with Gasteiger partial charge in [-0.3, -0.25) is 0 Å². The SMILES string of the molecule is CCc1ccc2c(c1)C1OCCCC1[C@H](c1cccc(O)c1)N2. The fraction of sp³-hybridized carbons (Fsp3) is 0.400. The van der Waals surface area contributed by atoms with E-state index in [9.17, 15) is 5.11 Å². The van der Waals surface area contributed by atoms with Gasteiger partial charge in [-0.1, -0.05) is 31.2 Å². The molecule has 2 aliphatic rings. The molecular weight excluding hydrogens is 286 g/mol. The van der Waals surface area contributed by atoms with Crippen LogP contribution in [0.4, 0.5) is 5.69 Å². The van der Waals surface area contributed by atoms with E-state index in [1.807, 2.05) is 12.1 Å². The maximum Gasteiger partial charge on any atom is 0.115 e. The molecule has 0 spiro atoms. The Morgan fingerprint density at radius 1 is 1.22 bits per heavy atom. The lowest BCUT2D eigenvalue weighted by atomic mass is 9.77. The summed E-state index contributed by atoms with van der Waals surface area (Å²) in [7, 11) is 0. The minimum atomic E-state index is 0.152. The van der Waals surface area contributed by atoms with Crippen LogP contribution in [0.2, 0.25) is 0 Å². The molecule has 2 aliphatic heterocycles. The van der Waals surface area contributed by atoms with Gasteiger partial charge in [-0.15, -0.1) is 0 Å². The molecule has 2 aromatic rings. The third kappa shape index (κ3) is 2.59. The fourth-order valence-corrected chi connectivity index (χ4v) is 3.99. The van der Waals surface area contributed by atoms with Gasteiger partial charge in [-0.2, -0.15) is 0 Å². The maximum atomic E-state index is 9.84. The Kier molecular flexibility index (Phi) is 3.74. The molecule has 0 aliphatic carbocycles. The van der Waals surface area contributed by atoms with Crippen LogP contribution in [0.1, 0.15) is 48.6 Å². The molecule has 3 heteroatoms. The summed E-state index contributed by atoms with van der Waals surface area (Å²) in [6.07, 6.45) is 3.44. The van der Waals surface area contributed by atoms with E-state index in [0.717, 1.165) is 31.4 Å². The number of phenols is 1. The van der Waals surface area contributed by atoms with Crippen molar-refractivity contribution >= 4 is 5.69 Å². The molecule has 0 aromatic heterocycles. The number of aryl methyl sites for hydroxylation is 1. The first-order valence-corrected chi connectivity index (χ1v) is 8.56. The zero-order valence-corrected chi connectivity index (χ0v) is 13.5. The standard InChI is InChI=1S/C20H23NO2/c1-2-13-8-9-18-17(11-13)20-16(7-4-10-23-20)19(21-18)14-5-3-6-15(22)12-14/h3,5-6,8-9,11-12,16,19-22H,2,4,7,10H2,1H3/t16?,19-,20?/m0/s1. The van der Waals surface area contributed by atoms with Crippen molar-refractivity contribution in [3.8, 4) is 5.75 Å². The minimum Gasteiger partial charge on any atom is -0.508 e. The highest BCUT2D eigenvalue weighted by Crippen LogP contribution is 2.49. The number of hydrogen-bond acceptors (Lipinski definition) is 3. The summed E-state index contributed by atoms with van der Waals surface area (Å²) in [6.45, 7) is 3.02. The number of aromatic hydroxyl groups is 1. The van der Waals surface area contributed by atoms with Gasteiger partial charge in [0.1, 0.15) is 5.75 Å². The summed E-state index contributed by atoms with van der Waals surface area (Å²) in [5.74, 6) is 0.731. The molecule has 1 saturated heterocycles. The van der Waals surface area contributed by atoms with Crippen LogP contribution in [0.5, 0.6) is 5.75 Å². The third-order valence-electron chi connectivity index (χ3n) is 5.17. The smallest absolute Gasteiger partial charge is 0.115 e. The lowest BCUT2D eigenvalue weighted by Gasteiger charge is -2.43. The van der Waals surface area contributed by atoms with E-state index < -0.39 is 0 Å². The van der Waals surface area contributed by atoms with E-state index in [2.05, 4.69) is 36.5 Å². The predicted octanol–water partition coefficient (Wildman–Crippen LogP) is 4.59. The lowest BCUT2D eigenvalue weighted by molar-refractivity contribution is -0.0381. The van der Waals surface area contributed by atoms with Crippen LogP contribution in [0, 0.1) is 5.92 Å². The highest BCUT2D eigenvalue weighted by molar-refractivity contribution is 5.58. The molecule has 1 fully saturated rings. The number of ether oxygens (including phenoxy) is 1. The largest absolute Gasteiger partial charge is 0.508 e. The van der Waals surface area contributed by atoms with E-state index in [1.54, 1.807) is 6.07 Å². The first kappa shape index (κ1) is 14.6. The predicted molar refractivity (Wildman–Crippen MR) is 91.7 cm³/mol. The topological polar surface area (TPSA) is 41.5 Å². The molecule has 23 heavy (non-hydrogen) atoms. The molecule has 3 atom stereocenters. The second-order valence-electron chi connectivity index (χ2n) is 6.59. The molecule has 0 radical (unpaired) electrons. The van der Waals surface area contributed by atoms with Crippen LogP contribution in [0.3, 0.4) is 0 Å². The number of rotatable bonds is 2. The van der Waals surface area contributed by atoms with Gasteiger partial charge in [0, 0.05) is 23.8 Å². The summed E-state index contributed by atoms with van der Waals surface area (Å²) < 4.78 is 6.19. The molecular formula is C20H23NO2. The van der Waals surface area contributed by atoms with Gasteiger partial charge in [0.2, 0.25) is 0 Å². The van der Waals surface area contributed by atoms with Crippen molar-refractivity contribution in [2.45, 2.75) is 38.3 Å². The zero-order chi connectivity index (χ0) is 15.8. The summed E-state index contributed by atoms with van der Waals surface area (Å²) in [4.78, 5) is 0. The lowest BCUT2D eigenvalue weighted by Crippen LogP contribution is -2.36. The second kappa shape index (κ2) is 5.89. The molecule has 2 N–H and O–H groups in total. The summed E-state index contributed by atoms with van der Waals surface area (Å²) in [5, 5.41) is 13.5. The van der Waals surface area contributed by atoms with Crippen molar-refractivity contribution in [2.24, 2.45) is 5.92 Å². The highest BCUT2D eigenvalue weighted by atomic mass is 16.5. The molecule has 120 valence electrons. The Morgan fingerprint density at radius 3 is 2.96 bits per heavy atom. The van der Waals surface area contributed by atoms with Crippen LogP contribution in [-0.2, 0) is 11.2 Å². The van der Waals surface area contributed by atoms with Crippen molar-refractivity contribution < 1.29 is 9.84 Å². The highest BCUT2D eigenvalue weighted by Gasteiger charge is 2.39. The number of nitrogens with one attached hydrogen (secondary N) is 1. The van der Waals surface area contributed by atoms with Crippen molar-refractivity contribution in [3.05, 3.63) is 59.2 Å². The Bertz CT molecular complexity index is 713. The average molecular weight is 309 g/mol. The van der Waals surface area contributed by atoms with E-state index in [-0.39, 0.29) is 12.1 Å². The van der Waals surface area contributed by atoms with Gasteiger partial charge in [-0.05, 0) is 48.6 Å². The van der Waals surface area contributed by atoms with E-state index in [0.29, 0.717) is 11.7 Å². The normalized spacial score (nSPS) is 26.0. The van der Waals surface area contributed by atoms with Crippen LogP contribution < -0.4 is 5.32 Å². The average Bonchev–Trinajstić information content (AvgIpc) is 2.60. The van der Waals surface area contributed by atoms with E-state index >= 15 is 0 Å². The second-order valence-corrected chi connectivity index (χ2v) is 6.59. The Labute approximate surface area is 137 Å². The molecule has 2 heterocycles. The van der Waals surface area contributed by atoms with Crippen LogP contribution in [0.15, 0.2) is 42.5 Å². The van der Waals surface area contributed by atoms with E-state index in [4.69, 9.17) is 4.74 Å². The fourth-order valence-electron chi connectivity index (χ4n) is 3.99. The first-order valence-electron chi connectivity index (χ1n) is 8.56. The van der Waals surface area contributed by atoms with Crippen molar-refractivity contribution in [3.63, 3.8) is 0 Å². The molecule has 0 amide bonds. The van der Waals surface area contributed by atoms with Crippen molar-refractivity contribution in [1.82, 2.24) is 0 Å². The maximum absolute atomic E-state index is 9.84. The monoisotopic (exact) mass is 309 g/mol. The quantitative estimate of drug-likeness (QED) is 0.852. The number of phenolic OH excluding ortho intramolecular Hbond substituents is 1. The molecule has 0 bridgehead atoms. The van der Waals surface area contributed by atoms with Gasteiger partial charge in [0.25, 0.3) is 0 Å². The molecule has 0 saturated carbocycles. The van der Waals surface area contributed by atoms with Crippen molar-refractivity contribution in [1.29, 1.82) is 0 Å².